The number of methoxy groups -OCH3 is 3. The number of nitrogens with zero attached hydrogens (tertiary/aromatic N) is 1. The van der Waals surface area contributed by atoms with Crippen LogP contribution < -0.4 is 19.6 Å². The van der Waals surface area contributed by atoms with E-state index in [4.69, 9.17) is 14.2 Å². The Morgan fingerprint density at radius 2 is 1.64 bits per heavy atom. The average molecular weight is 336 g/mol. The molecule has 0 radical (unpaired) electrons. The van der Waals surface area contributed by atoms with Crippen LogP contribution in [0.1, 0.15) is 5.56 Å². The fourth-order valence-corrected chi connectivity index (χ4v) is 2.78. The monoisotopic (exact) mass is 336 g/mol. The maximum atomic E-state index is 12.7. The van der Waals surface area contributed by atoms with Crippen LogP contribution in [0, 0.1) is 11.3 Å². The summed E-state index contributed by atoms with van der Waals surface area (Å²) in [6.45, 7) is 0. The van der Waals surface area contributed by atoms with E-state index in [1.165, 1.54) is 21.3 Å². The van der Waals surface area contributed by atoms with Gasteiger partial charge >= 0.3 is 0 Å². The second-order valence-electron chi connectivity index (χ2n) is 5.28. The molecule has 126 valence electrons. The van der Waals surface area contributed by atoms with E-state index in [9.17, 15) is 10.1 Å². The molecule has 0 amide bonds. The van der Waals surface area contributed by atoms with Gasteiger partial charge in [-0.1, -0.05) is 12.1 Å². The molecule has 1 N–H and O–H groups in total. The SMILES string of the molecule is COc1cc(-c2[nH]c3ccccc3c(=O)c2C#N)cc(OC)c1OC. The Morgan fingerprint density at radius 3 is 2.20 bits per heavy atom. The Kier molecular flexibility index (Phi) is 4.31. The van der Waals surface area contributed by atoms with Crippen LogP contribution in [-0.4, -0.2) is 26.3 Å². The van der Waals surface area contributed by atoms with Crippen LogP contribution in [0.15, 0.2) is 41.2 Å². The van der Waals surface area contributed by atoms with Crippen molar-refractivity contribution < 1.29 is 14.2 Å². The number of nitrogens with one attached hydrogen (secondary N) is 1. The molecule has 0 spiro atoms. The van der Waals surface area contributed by atoms with Gasteiger partial charge in [0.05, 0.1) is 27.0 Å². The molecule has 6 heteroatoms. The zero-order valence-corrected chi connectivity index (χ0v) is 14.0. The van der Waals surface area contributed by atoms with Crippen molar-refractivity contribution in [2.75, 3.05) is 21.3 Å². The highest BCUT2D eigenvalue weighted by molar-refractivity contribution is 5.85. The van der Waals surface area contributed by atoms with Crippen LogP contribution in [0.3, 0.4) is 0 Å². The highest BCUT2D eigenvalue weighted by Crippen LogP contribution is 2.41. The summed E-state index contributed by atoms with van der Waals surface area (Å²) in [6.07, 6.45) is 0. The third-order valence-electron chi connectivity index (χ3n) is 3.97. The van der Waals surface area contributed by atoms with Crippen LogP contribution in [0.25, 0.3) is 22.2 Å². The van der Waals surface area contributed by atoms with Crippen molar-refractivity contribution in [1.29, 1.82) is 5.26 Å². The van der Waals surface area contributed by atoms with Gasteiger partial charge in [0.1, 0.15) is 11.6 Å². The molecule has 0 saturated heterocycles. The summed E-state index contributed by atoms with van der Waals surface area (Å²) in [4.78, 5) is 15.8. The van der Waals surface area contributed by atoms with Crippen molar-refractivity contribution in [2.24, 2.45) is 0 Å². The molecule has 0 aliphatic heterocycles. The molecule has 25 heavy (non-hydrogen) atoms. The number of aromatic amines is 1. The van der Waals surface area contributed by atoms with E-state index in [0.29, 0.717) is 39.4 Å². The molecule has 0 aliphatic rings. The van der Waals surface area contributed by atoms with Gasteiger partial charge in [0, 0.05) is 16.5 Å². The van der Waals surface area contributed by atoms with Crippen molar-refractivity contribution in [3.63, 3.8) is 0 Å². The van der Waals surface area contributed by atoms with Crippen LogP contribution in [0.5, 0.6) is 17.2 Å². The Balaban J connectivity index is 2.37. The van der Waals surface area contributed by atoms with Gasteiger partial charge in [-0.15, -0.1) is 0 Å². The topological polar surface area (TPSA) is 84.3 Å². The largest absolute Gasteiger partial charge is 0.493 e. The van der Waals surface area contributed by atoms with Crippen LogP contribution in [0.2, 0.25) is 0 Å². The summed E-state index contributed by atoms with van der Waals surface area (Å²) in [7, 11) is 4.53. The fraction of sp³-hybridized carbons (Fsp3) is 0.158. The van der Waals surface area contributed by atoms with Gasteiger partial charge in [0.25, 0.3) is 0 Å². The molecule has 0 bridgehead atoms. The van der Waals surface area contributed by atoms with Crippen molar-refractivity contribution >= 4 is 10.9 Å². The van der Waals surface area contributed by atoms with Gasteiger partial charge in [-0.2, -0.15) is 5.26 Å². The van der Waals surface area contributed by atoms with Gasteiger partial charge < -0.3 is 19.2 Å². The summed E-state index contributed by atoms with van der Waals surface area (Å²) in [5.41, 5.74) is 1.36. The Hall–Kier alpha value is -3.46. The fourth-order valence-electron chi connectivity index (χ4n) is 2.78. The molecule has 0 saturated carbocycles. The lowest BCUT2D eigenvalue weighted by Crippen LogP contribution is -2.10. The molecule has 0 unspecified atom stereocenters. The molecule has 2 aromatic carbocycles. The van der Waals surface area contributed by atoms with Crippen LogP contribution >= 0.6 is 0 Å². The molecular weight excluding hydrogens is 320 g/mol. The highest BCUT2D eigenvalue weighted by Gasteiger charge is 2.18. The number of benzene rings is 2. The minimum Gasteiger partial charge on any atom is -0.493 e. The first-order chi connectivity index (χ1) is 12.1. The molecule has 0 fully saturated rings. The van der Waals surface area contributed by atoms with E-state index in [1.807, 2.05) is 12.1 Å². The molecule has 6 nitrogen and oxygen atoms in total. The van der Waals surface area contributed by atoms with Crippen molar-refractivity contribution in [2.45, 2.75) is 0 Å². The molecule has 3 rings (SSSR count). The lowest BCUT2D eigenvalue weighted by atomic mass is 10.0. The normalized spacial score (nSPS) is 10.3. The number of nitriles is 1. The number of fused-ring (bicyclic) bond motifs is 1. The number of pyridine rings is 1. The van der Waals surface area contributed by atoms with Crippen molar-refractivity contribution in [3.05, 3.63) is 52.2 Å². The number of rotatable bonds is 4. The number of aromatic nitrogens is 1. The van der Waals surface area contributed by atoms with Gasteiger partial charge in [0.2, 0.25) is 11.2 Å². The van der Waals surface area contributed by atoms with E-state index < -0.39 is 0 Å². The lowest BCUT2D eigenvalue weighted by molar-refractivity contribution is 0.324. The zero-order chi connectivity index (χ0) is 18.0. The number of hydrogen-bond acceptors (Lipinski definition) is 5. The van der Waals surface area contributed by atoms with Crippen LogP contribution in [-0.2, 0) is 0 Å². The maximum Gasteiger partial charge on any atom is 0.207 e. The highest BCUT2D eigenvalue weighted by atomic mass is 16.5. The quantitative estimate of drug-likeness (QED) is 0.791. The van der Waals surface area contributed by atoms with E-state index in [1.54, 1.807) is 30.3 Å². The first-order valence-electron chi connectivity index (χ1n) is 7.50. The van der Waals surface area contributed by atoms with E-state index in [0.717, 1.165) is 0 Å². The van der Waals surface area contributed by atoms with E-state index in [-0.39, 0.29) is 11.0 Å². The second kappa shape index (κ2) is 6.57. The van der Waals surface area contributed by atoms with Gasteiger partial charge in [-0.25, -0.2) is 0 Å². The smallest absolute Gasteiger partial charge is 0.207 e. The molecule has 0 aliphatic carbocycles. The van der Waals surface area contributed by atoms with Crippen molar-refractivity contribution in [3.8, 4) is 34.6 Å². The predicted molar refractivity (Wildman–Crippen MR) is 94.4 cm³/mol. The van der Waals surface area contributed by atoms with Gasteiger partial charge in [-0.05, 0) is 24.3 Å². The summed E-state index contributed by atoms with van der Waals surface area (Å²) >= 11 is 0. The number of hydrogen-bond donors (Lipinski definition) is 1. The summed E-state index contributed by atoms with van der Waals surface area (Å²) in [5.74, 6) is 1.32. The first kappa shape index (κ1) is 16.4. The molecular formula is C19H16N2O4. The summed E-state index contributed by atoms with van der Waals surface area (Å²) in [6, 6.07) is 12.5. The summed E-state index contributed by atoms with van der Waals surface area (Å²) in [5, 5.41) is 9.98. The third-order valence-corrected chi connectivity index (χ3v) is 3.97. The Morgan fingerprint density at radius 1 is 1.00 bits per heavy atom. The first-order valence-corrected chi connectivity index (χ1v) is 7.50. The molecule has 1 heterocycles. The number of para-hydroxylation sites is 1. The molecule has 3 aromatic rings. The van der Waals surface area contributed by atoms with Crippen molar-refractivity contribution in [1.82, 2.24) is 4.98 Å². The van der Waals surface area contributed by atoms with E-state index >= 15 is 0 Å². The van der Waals surface area contributed by atoms with Crippen LogP contribution in [0.4, 0.5) is 0 Å². The lowest BCUT2D eigenvalue weighted by Gasteiger charge is -2.15. The predicted octanol–water partition coefficient (Wildman–Crippen LogP) is 3.09. The molecule has 1 aromatic heterocycles. The Bertz CT molecular complexity index is 1020. The number of H-pyrrole nitrogens is 1. The van der Waals surface area contributed by atoms with Gasteiger partial charge in [-0.3, -0.25) is 4.79 Å². The molecule has 0 atom stereocenters. The standard InChI is InChI=1S/C19H16N2O4/c1-23-15-8-11(9-16(24-2)19(15)25-3)17-13(10-20)18(22)12-6-4-5-7-14(12)21-17/h4-9H,1-3H3,(H,21,22). The van der Waals surface area contributed by atoms with E-state index in [2.05, 4.69) is 4.98 Å². The van der Waals surface area contributed by atoms with Gasteiger partial charge in [0.15, 0.2) is 11.5 Å². The maximum absolute atomic E-state index is 12.7. The third kappa shape index (κ3) is 2.66. The number of ether oxygens (including phenoxy) is 3. The zero-order valence-electron chi connectivity index (χ0n) is 14.0. The minimum absolute atomic E-state index is 0.0352. The Labute approximate surface area is 144 Å². The average Bonchev–Trinajstić information content (AvgIpc) is 2.66. The summed E-state index contributed by atoms with van der Waals surface area (Å²) < 4.78 is 16.0. The second-order valence-corrected chi connectivity index (χ2v) is 5.28. The minimum atomic E-state index is -0.319.